The van der Waals surface area contributed by atoms with Gasteiger partial charge in [0, 0.05) is 31.9 Å². The van der Waals surface area contributed by atoms with Gasteiger partial charge < -0.3 is 10.1 Å². The van der Waals surface area contributed by atoms with Crippen molar-refractivity contribution in [2.24, 2.45) is 0 Å². The number of nitrogens with one attached hydrogen (secondary N) is 1. The molecule has 7 nitrogen and oxygen atoms in total. The summed E-state index contributed by atoms with van der Waals surface area (Å²) >= 11 is 0. The van der Waals surface area contributed by atoms with Gasteiger partial charge in [-0.05, 0) is 51.0 Å². The third kappa shape index (κ3) is 4.25. The van der Waals surface area contributed by atoms with Gasteiger partial charge in [-0.25, -0.2) is 8.42 Å². The van der Waals surface area contributed by atoms with Crippen LogP contribution in [-0.4, -0.2) is 68.5 Å². The van der Waals surface area contributed by atoms with Crippen molar-refractivity contribution in [3.8, 4) is 0 Å². The molecule has 0 radical (unpaired) electrons. The first kappa shape index (κ1) is 19.3. The number of anilines is 1. The van der Waals surface area contributed by atoms with Gasteiger partial charge in [0.25, 0.3) is 0 Å². The standard InChI is InChI=1S/C18H27N3O4S/c1-14-13-20(11-12-25-14)15(2)18(22)19-16-5-7-17(8-6-16)26(23,24)21-9-3-4-10-21/h5-8,14-15H,3-4,9-13H2,1-2H3,(H,19,22)/t14-,15-/m1/s1. The highest BCUT2D eigenvalue weighted by Crippen LogP contribution is 2.22. The van der Waals surface area contributed by atoms with Gasteiger partial charge >= 0.3 is 0 Å². The van der Waals surface area contributed by atoms with Crippen LogP contribution in [0.1, 0.15) is 26.7 Å². The predicted molar refractivity (Wildman–Crippen MR) is 99.5 cm³/mol. The van der Waals surface area contributed by atoms with Gasteiger partial charge in [-0.3, -0.25) is 9.69 Å². The molecule has 2 aliphatic rings. The van der Waals surface area contributed by atoms with Crippen LogP contribution in [0, 0.1) is 0 Å². The summed E-state index contributed by atoms with van der Waals surface area (Å²) in [5, 5.41) is 2.87. The fourth-order valence-electron chi connectivity index (χ4n) is 3.40. The zero-order valence-electron chi connectivity index (χ0n) is 15.3. The molecule has 0 spiro atoms. The van der Waals surface area contributed by atoms with E-state index in [1.165, 1.54) is 4.31 Å². The maximum absolute atomic E-state index is 12.5. The van der Waals surface area contributed by atoms with Gasteiger partial charge in [0.15, 0.2) is 0 Å². The van der Waals surface area contributed by atoms with Crippen LogP contribution >= 0.6 is 0 Å². The normalized spacial score (nSPS) is 23.7. The number of morpholine rings is 1. The lowest BCUT2D eigenvalue weighted by atomic mass is 10.2. The van der Waals surface area contributed by atoms with Crippen LogP contribution in [0.2, 0.25) is 0 Å². The number of ether oxygens (including phenoxy) is 1. The average molecular weight is 381 g/mol. The monoisotopic (exact) mass is 381 g/mol. The molecule has 2 fully saturated rings. The lowest BCUT2D eigenvalue weighted by molar-refractivity contribution is -0.123. The Labute approximate surface area is 155 Å². The zero-order chi connectivity index (χ0) is 18.7. The van der Waals surface area contributed by atoms with E-state index in [-0.39, 0.29) is 22.9 Å². The van der Waals surface area contributed by atoms with Crippen molar-refractivity contribution < 1.29 is 17.9 Å². The van der Waals surface area contributed by atoms with Crippen LogP contribution in [0.25, 0.3) is 0 Å². The summed E-state index contributed by atoms with van der Waals surface area (Å²) in [4.78, 5) is 14.9. The molecule has 2 heterocycles. The van der Waals surface area contributed by atoms with Crippen LogP contribution in [0.3, 0.4) is 0 Å². The number of benzene rings is 1. The van der Waals surface area contributed by atoms with E-state index >= 15 is 0 Å². The number of hydrogen-bond donors (Lipinski definition) is 1. The van der Waals surface area contributed by atoms with Gasteiger partial charge in [-0.2, -0.15) is 4.31 Å². The summed E-state index contributed by atoms with van der Waals surface area (Å²) in [5.74, 6) is -0.103. The molecule has 1 N–H and O–H groups in total. The molecular formula is C18H27N3O4S. The highest BCUT2D eigenvalue weighted by Gasteiger charge is 2.28. The van der Waals surface area contributed by atoms with Gasteiger partial charge in [0.1, 0.15) is 0 Å². The minimum Gasteiger partial charge on any atom is -0.376 e. The molecular weight excluding hydrogens is 354 g/mol. The van der Waals surface area contributed by atoms with E-state index < -0.39 is 10.0 Å². The number of sulfonamides is 1. The van der Waals surface area contributed by atoms with Gasteiger partial charge in [0.05, 0.1) is 23.6 Å². The molecule has 0 unspecified atom stereocenters. The topological polar surface area (TPSA) is 79.0 Å². The molecule has 1 aromatic rings. The second-order valence-corrected chi connectivity index (χ2v) is 8.92. The second kappa shape index (κ2) is 8.04. The smallest absolute Gasteiger partial charge is 0.243 e. The van der Waals surface area contributed by atoms with E-state index in [9.17, 15) is 13.2 Å². The summed E-state index contributed by atoms with van der Waals surface area (Å²) in [6.07, 6.45) is 1.94. The van der Waals surface area contributed by atoms with Crippen LogP contribution in [0.4, 0.5) is 5.69 Å². The molecule has 1 aromatic carbocycles. The maximum Gasteiger partial charge on any atom is 0.243 e. The SMILES string of the molecule is C[C@@H]1CN([C@H](C)C(=O)Nc2ccc(S(=O)(=O)N3CCCC3)cc2)CCO1. The summed E-state index contributed by atoms with van der Waals surface area (Å²) in [6, 6.07) is 6.15. The van der Waals surface area contributed by atoms with Crippen LogP contribution in [-0.2, 0) is 19.6 Å². The molecule has 0 aliphatic carbocycles. The van der Waals surface area contributed by atoms with Crippen molar-refractivity contribution >= 4 is 21.6 Å². The van der Waals surface area contributed by atoms with E-state index in [0.29, 0.717) is 25.4 Å². The molecule has 26 heavy (non-hydrogen) atoms. The number of carbonyl (C=O) groups is 1. The van der Waals surface area contributed by atoms with E-state index in [1.54, 1.807) is 24.3 Å². The molecule has 0 saturated carbocycles. The number of hydrogen-bond acceptors (Lipinski definition) is 5. The Balaban J connectivity index is 1.62. The number of amides is 1. The first-order valence-corrected chi connectivity index (χ1v) is 10.6. The van der Waals surface area contributed by atoms with Crippen molar-refractivity contribution in [3.05, 3.63) is 24.3 Å². The second-order valence-electron chi connectivity index (χ2n) is 6.98. The van der Waals surface area contributed by atoms with Crippen LogP contribution in [0.5, 0.6) is 0 Å². The summed E-state index contributed by atoms with van der Waals surface area (Å²) in [6.45, 7) is 7.11. The Kier molecular flexibility index (Phi) is 5.96. The average Bonchev–Trinajstić information content (AvgIpc) is 3.17. The highest BCUT2D eigenvalue weighted by molar-refractivity contribution is 7.89. The van der Waals surface area contributed by atoms with Crippen molar-refractivity contribution in [2.45, 2.75) is 43.7 Å². The van der Waals surface area contributed by atoms with Crippen LogP contribution in [0.15, 0.2) is 29.2 Å². The molecule has 8 heteroatoms. The first-order chi connectivity index (χ1) is 12.4. The maximum atomic E-state index is 12.5. The largest absolute Gasteiger partial charge is 0.376 e. The Morgan fingerprint density at radius 1 is 1.19 bits per heavy atom. The third-order valence-corrected chi connectivity index (χ3v) is 6.94. The third-order valence-electron chi connectivity index (χ3n) is 5.02. The minimum absolute atomic E-state index is 0.103. The van der Waals surface area contributed by atoms with E-state index in [1.807, 2.05) is 13.8 Å². The van der Waals surface area contributed by atoms with Gasteiger partial charge in [0.2, 0.25) is 15.9 Å². The number of carbonyl (C=O) groups excluding carboxylic acids is 1. The molecule has 0 aromatic heterocycles. The predicted octanol–water partition coefficient (Wildman–Crippen LogP) is 1.52. The molecule has 0 bridgehead atoms. The van der Waals surface area contributed by atoms with Crippen LogP contribution < -0.4 is 5.32 Å². The summed E-state index contributed by atoms with van der Waals surface area (Å²) in [7, 11) is -3.43. The van der Waals surface area contributed by atoms with E-state index in [2.05, 4.69) is 10.2 Å². The first-order valence-electron chi connectivity index (χ1n) is 9.14. The molecule has 1 amide bonds. The lowest BCUT2D eigenvalue weighted by Gasteiger charge is -2.34. The summed E-state index contributed by atoms with van der Waals surface area (Å²) < 4.78 is 32.1. The summed E-state index contributed by atoms with van der Waals surface area (Å²) in [5.41, 5.74) is 0.600. The van der Waals surface area contributed by atoms with E-state index in [0.717, 1.165) is 25.9 Å². The van der Waals surface area contributed by atoms with Crippen molar-refractivity contribution in [2.75, 3.05) is 38.1 Å². The molecule has 2 saturated heterocycles. The van der Waals surface area contributed by atoms with Crippen molar-refractivity contribution in [1.29, 1.82) is 0 Å². The van der Waals surface area contributed by atoms with Gasteiger partial charge in [-0.15, -0.1) is 0 Å². The zero-order valence-corrected chi connectivity index (χ0v) is 16.2. The van der Waals surface area contributed by atoms with Crippen molar-refractivity contribution in [3.63, 3.8) is 0 Å². The van der Waals surface area contributed by atoms with Gasteiger partial charge in [-0.1, -0.05) is 0 Å². The number of rotatable bonds is 5. The van der Waals surface area contributed by atoms with E-state index in [4.69, 9.17) is 4.74 Å². The fraction of sp³-hybridized carbons (Fsp3) is 0.611. The number of nitrogens with zero attached hydrogens (tertiary/aromatic N) is 2. The Bertz CT molecular complexity index is 729. The Morgan fingerprint density at radius 3 is 2.46 bits per heavy atom. The lowest BCUT2D eigenvalue weighted by Crippen LogP contribution is -2.50. The molecule has 2 atom stereocenters. The van der Waals surface area contributed by atoms with Crippen molar-refractivity contribution in [1.82, 2.24) is 9.21 Å². The molecule has 2 aliphatic heterocycles. The molecule has 3 rings (SSSR count). The Hall–Kier alpha value is -1.48. The quantitative estimate of drug-likeness (QED) is 0.837. The Morgan fingerprint density at radius 2 is 1.85 bits per heavy atom. The highest BCUT2D eigenvalue weighted by atomic mass is 32.2. The fourth-order valence-corrected chi connectivity index (χ4v) is 4.91. The molecule has 144 valence electrons. The minimum atomic E-state index is -3.43.